The largest absolute Gasteiger partial charge is 0.192 e. The van der Waals surface area contributed by atoms with E-state index in [0.717, 1.165) is 12.0 Å². The second-order valence-electron chi connectivity index (χ2n) is 4.25. The van der Waals surface area contributed by atoms with Crippen LogP contribution in [0.5, 0.6) is 0 Å². The number of rotatable bonds is 7. The van der Waals surface area contributed by atoms with Gasteiger partial charge in [0.05, 0.1) is 11.6 Å². The number of benzene rings is 1. The minimum absolute atomic E-state index is 0.668. The molecule has 0 heterocycles. The highest BCUT2D eigenvalue weighted by Crippen LogP contribution is 2.08. The molecule has 0 aliphatic carbocycles. The van der Waals surface area contributed by atoms with Gasteiger partial charge in [-0.05, 0) is 36.6 Å². The summed E-state index contributed by atoms with van der Waals surface area (Å²) >= 11 is 0. The fraction of sp³-hybridized carbons (Fsp3) is 0.438. The lowest BCUT2D eigenvalue weighted by Crippen LogP contribution is -1.77. The van der Waals surface area contributed by atoms with Gasteiger partial charge in [-0.15, -0.1) is 0 Å². The van der Waals surface area contributed by atoms with Crippen LogP contribution >= 0.6 is 0 Å². The third-order valence-electron chi connectivity index (χ3n) is 2.74. The van der Waals surface area contributed by atoms with Crippen molar-refractivity contribution in [2.24, 2.45) is 0 Å². The predicted octanol–water partition coefficient (Wildman–Crippen LogP) is 4.73. The number of hydrogen-bond acceptors (Lipinski definition) is 1. The van der Waals surface area contributed by atoms with Gasteiger partial charge in [0.25, 0.3) is 0 Å². The molecule has 0 aliphatic heterocycles. The van der Waals surface area contributed by atoms with Crippen molar-refractivity contribution in [3.05, 3.63) is 41.5 Å². The number of nitrogens with zero attached hydrogens (tertiary/aromatic N) is 1. The lowest BCUT2D eigenvalue weighted by atomic mass is 10.1. The molecular weight excluding hydrogens is 206 g/mol. The first-order chi connectivity index (χ1) is 8.36. The molecule has 0 N–H and O–H groups in total. The molecule has 1 aromatic carbocycles. The molecule has 0 saturated heterocycles. The Kier molecular flexibility index (Phi) is 6.82. The Morgan fingerprint density at radius 3 is 2.71 bits per heavy atom. The molecule has 0 saturated carbocycles. The van der Waals surface area contributed by atoms with Gasteiger partial charge in [0, 0.05) is 0 Å². The van der Waals surface area contributed by atoms with Crippen LogP contribution in [0.15, 0.2) is 24.3 Å². The van der Waals surface area contributed by atoms with Gasteiger partial charge in [-0.2, -0.15) is 5.26 Å². The van der Waals surface area contributed by atoms with Crippen molar-refractivity contribution in [3.63, 3.8) is 0 Å². The summed E-state index contributed by atoms with van der Waals surface area (Å²) in [5.74, 6) is 0. The minimum Gasteiger partial charge on any atom is -0.192 e. The maximum atomic E-state index is 8.66. The second kappa shape index (κ2) is 8.58. The van der Waals surface area contributed by atoms with E-state index in [1.165, 1.54) is 32.1 Å². The average Bonchev–Trinajstić information content (AvgIpc) is 2.38. The topological polar surface area (TPSA) is 23.8 Å². The molecule has 0 bridgehead atoms. The van der Waals surface area contributed by atoms with Crippen LogP contribution in [-0.2, 0) is 0 Å². The van der Waals surface area contributed by atoms with E-state index in [-0.39, 0.29) is 0 Å². The smallest absolute Gasteiger partial charge is 0.0991 e. The normalized spacial score (nSPS) is 10.6. The second-order valence-corrected chi connectivity index (χ2v) is 4.25. The molecule has 0 unspecified atom stereocenters. The van der Waals surface area contributed by atoms with Gasteiger partial charge in [0.1, 0.15) is 0 Å². The Morgan fingerprint density at radius 2 is 2.06 bits per heavy atom. The number of unbranched alkanes of at least 4 members (excludes halogenated alkanes) is 5. The van der Waals surface area contributed by atoms with Crippen molar-refractivity contribution in [3.8, 4) is 6.07 Å². The summed E-state index contributed by atoms with van der Waals surface area (Å²) in [6.07, 6.45) is 12.0. The van der Waals surface area contributed by atoms with Crippen molar-refractivity contribution >= 4 is 6.08 Å². The summed E-state index contributed by atoms with van der Waals surface area (Å²) in [6, 6.07) is 10.7. The molecule has 0 aromatic heterocycles. The maximum Gasteiger partial charge on any atom is 0.0991 e. The first kappa shape index (κ1) is 13.5. The van der Waals surface area contributed by atoms with Crippen molar-refractivity contribution < 1.29 is 0 Å². The van der Waals surface area contributed by atoms with Gasteiger partial charge in [-0.25, -0.2) is 0 Å². The van der Waals surface area contributed by atoms with Crippen LogP contribution in [0.1, 0.15) is 56.6 Å². The Morgan fingerprint density at radius 1 is 1.24 bits per heavy atom. The Hall–Kier alpha value is -1.55. The SMILES string of the molecule is CCCCCCC/C=C/c1[c]cc(C#N)cc1. The molecular formula is C16H20N. The molecule has 1 heteroatoms. The van der Waals surface area contributed by atoms with Crippen molar-refractivity contribution in [2.75, 3.05) is 0 Å². The lowest BCUT2D eigenvalue weighted by Gasteiger charge is -1.96. The van der Waals surface area contributed by atoms with Crippen molar-refractivity contribution in [2.45, 2.75) is 45.4 Å². The summed E-state index contributed by atoms with van der Waals surface area (Å²) in [6.45, 7) is 2.24. The van der Waals surface area contributed by atoms with E-state index in [2.05, 4.69) is 31.2 Å². The fourth-order valence-corrected chi connectivity index (χ4v) is 1.69. The third-order valence-corrected chi connectivity index (χ3v) is 2.74. The van der Waals surface area contributed by atoms with Gasteiger partial charge in [0.15, 0.2) is 0 Å². The van der Waals surface area contributed by atoms with Crippen LogP contribution in [0.2, 0.25) is 0 Å². The summed E-state index contributed by atoms with van der Waals surface area (Å²) < 4.78 is 0. The van der Waals surface area contributed by atoms with E-state index >= 15 is 0 Å². The Balaban J connectivity index is 2.21. The predicted molar refractivity (Wildman–Crippen MR) is 72.4 cm³/mol. The molecule has 0 amide bonds. The van der Waals surface area contributed by atoms with E-state index in [9.17, 15) is 0 Å². The van der Waals surface area contributed by atoms with Gasteiger partial charge >= 0.3 is 0 Å². The van der Waals surface area contributed by atoms with Crippen LogP contribution < -0.4 is 0 Å². The molecule has 0 fully saturated rings. The molecule has 1 nitrogen and oxygen atoms in total. The Bertz CT molecular complexity index is 368. The summed E-state index contributed by atoms with van der Waals surface area (Å²) in [5.41, 5.74) is 1.72. The van der Waals surface area contributed by atoms with Crippen LogP contribution in [0.25, 0.3) is 6.08 Å². The fourth-order valence-electron chi connectivity index (χ4n) is 1.69. The lowest BCUT2D eigenvalue weighted by molar-refractivity contribution is 0.638. The standard InChI is InChI=1S/C16H20N/c1-2-3-4-5-6-7-8-9-15-10-12-16(14-17)13-11-15/h8-10,12-13H,2-7H2,1H3/b9-8+. The van der Waals surface area contributed by atoms with Crippen LogP contribution in [0.3, 0.4) is 0 Å². The first-order valence-electron chi connectivity index (χ1n) is 6.45. The van der Waals surface area contributed by atoms with Crippen molar-refractivity contribution in [1.82, 2.24) is 0 Å². The molecule has 17 heavy (non-hydrogen) atoms. The van der Waals surface area contributed by atoms with E-state index in [1.54, 1.807) is 6.07 Å². The highest BCUT2D eigenvalue weighted by Gasteiger charge is 1.90. The summed E-state index contributed by atoms with van der Waals surface area (Å²) in [4.78, 5) is 0. The molecule has 1 rings (SSSR count). The van der Waals surface area contributed by atoms with Crippen LogP contribution in [0, 0.1) is 17.4 Å². The Labute approximate surface area is 105 Å². The van der Waals surface area contributed by atoms with Gasteiger partial charge in [-0.1, -0.05) is 50.8 Å². The van der Waals surface area contributed by atoms with Crippen LogP contribution in [-0.4, -0.2) is 0 Å². The highest BCUT2D eigenvalue weighted by atomic mass is 14.2. The summed E-state index contributed by atoms with van der Waals surface area (Å²) in [7, 11) is 0. The molecule has 0 aliphatic rings. The zero-order valence-electron chi connectivity index (χ0n) is 10.6. The van der Waals surface area contributed by atoms with E-state index in [4.69, 9.17) is 5.26 Å². The number of hydrogen-bond donors (Lipinski definition) is 0. The average molecular weight is 226 g/mol. The molecule has 0 spiro atoms. The molecule has 89 valence electrons. The van der Waals surface area contributed by atoms with E-state index < -0.39 is 0 Å². The van der Waals surface area contributed by atoms with E-state index in [1.807, 2.05) is 12.1 Å². The molecule has 1 aromatic rings. The quantitative estimate of drug-likeness (QED) is 0.616. The van der Waals surface area contributed by atoms with Gasteiger partial charge < -0.3 is 0 Å². The van der Waals surface area contributed by atoms with E-state index in [0.29, 0.717) is 5.56 Å². The molecule has 0 atom stereocenters. The highest BCUT2D eigenvalue weighted by molar-refractivity contribution is 5.50. The number of allylic oxidation sites excluding steroid dienone is 1. The minimum atomic E-state index is 0.668. The monoisotopic (exact) mass is 226 g/mol. The molecule has 1 radical (unpaired) electrons. The maximum absolute atomic E-state index is 8.66. The van der Waals surface area contributed by atoms with Crippen molar-refractivity contribution in [1.29, 1.82) is 5.26 Å². The van der Waals surface area contributed by atoms with Gasteiger partial charge in [-0.3, -0.25) is 0 Å². The summed E-state index contributed by atoms with van der Waals surface area (Å²) in [5, 5.41) is 8.66. The zero-order chi connectivity index (χ0) is 12.3. The number of nitriles is 1. The van der Waals surface area contributed by atoms with Gasteiger partial charge in [0.2, 0.25) is 0 Å². The first-order valence-corrected chi connectivity index (χ1v) is 6.45. The third kappa shape index (κ3) is 5.92. The van der Waals surface area contributed by atoms with Crippen LogP contribution in [0.4, 0.5) is 0 Å². The zero-order valence-corrected chi connectivity index (χ0v) is 10.6.